The minimum atomic E-state index is -0.557. The Bertz CT molecular complexity index is 1080. The molecule has 158 valence electrons. The molecule has 0 spiro atoms. The number of benzene rings is 3. The van der Waals surface area contributed by atoms with E-state index in [9.17, 15) is 14.0 Å². The van der Waals surface area contributed by atoms with Crippen molar-refractivity contribution in [3.63, 3.8) is 0 Å². The van der Waals surface area contributed by atoms with Crippen molar-refractivity contribution in [2.24, 2.45) is 5.92 Å². The largest absolute Gasteiger partial charge is 0.426 e. The van der Waals surface area contributed by atoms with Gasteiger partial charge >= 0.3 is 5.97 Å². The lowest BCUT2D eigenvalue weighted by Crippen LogP contribution is -2.27. The first-order chi connectivity index (χ1) is 14.8. The molecule has 0 unspecified atom stereocenters. The number of nitrogens with zero attached hydrogens (tertiary/aromatic N) is 1. The van der Waals surface area contributed by atoms with Crippen molar-refractivity contribution in [1.82, 2.24) is 0 Å². The van der Waals surface area contributed by atoms with Crippen LogP contribution in [0.5, 0.6) is 5.75 Å². The van der Waals surface area contributed by atoms with Crippen molar-refractivity contribution in [1.29, 1.82) is 0 Å². The van der Waals surface area contributed by atoms with Crippen LogP contribution >= 0.6 is 0 Å². The highest BCUT2D eigenvalue weighted by Gasteiger charge is 2.36. The van der Waals surface area contributed by atoms with Crippen molar-refractivity contribution in [2.45, 2.75) is 25.7 Å². The first-order valence-corrected chi connectivity index (χ1v) is 10.3. The van der Waals surface area contributed by atoms with Crippen LogP contribution in [0, 0.1) is 11.7 Å². The summed E-state index contributed by atoms with van der Waals surface area (Å²) in [4.78, 5) is 26.5. The van der Waals surface area contributed by atoms with Crippen LogP contribution in [0.3, 0.4) is 0 Å². The SMILES string of the molecule is CC(C)(c1ccccc1)c1ccc(OC(=O)[C@H]2CC(=O)N(c3ccc(F)cc3)C2)cc1. The molecule has 1 aliphatic heterocycles. The van der Waals surface area contributed by atoms with Gasteiger partial charge in [-0.1, -0.05) is 56.3 Å². The lowest BCUT2D eigenvalue weighted by molar-refractivity contribution is -0.139. The maximum atomic E-state index is 13.1. The van der Waals surface area contributed by atoms with Crippen LogP contribution in [0.1, 0.15) is 31.4 Å². The zero-order valence-corrected chi connectivity index (χ0v) is 17.5. The summed E-state index contributed by atoms with van der Waals surface area (Å²) in [5.41, 5.74) is 2.70. The van der Waals surface area contributed by atoms with E-state index in [0.29, 0.717) is 11.4 Å². The van der Waals surface area contributed by atoms with Crippen LogP contribution in [-0.2, 0) is 15.0 Å². The molecule has 1 heterocycles. The van der Waals surface area contributed by atoms with Crippen LogP contribution in [0.4, 0.5) is 10.1 Å². The lowest BCUT2D eigenvalue weighted by Gasteiger charge is -2.26. The van der Waals surface area contributed by atoms with E-state index in [1.165, 1.54) is 34.7 Å². The van der Waals surface area contributed by atoms with E-state index < -0.39 is 11.9 Å². The Balaban J connectivity index is 1.42. The third kappa shape index (κ3) is 4.36. The van der Waals surface area contributed by atoms with E-state index in [0.717, 1.165) is 5.56 Å². The molecule has 31 heavy (non-hydrogen) atoms. The third-order valence-electron chi connectivity index (χ3n) is 5.89. The monoisotopic (exact) mass is 417 g/mol. The van der Waals surface area contributed by atoms with E-state index >= 15 is 0 Å². The van der Waals surface area contributed by atoms with Gasteiger partial charge in [-0.3, -0.25) is 9.59 Å². The summed E-state index contributed by atoms with van der Waals surface area (Å²) in [6, 6.07) is 23.4. The smallest absolute Gasteiger partial charge is 0.316 e. The Morgan fingerprint density at radius 1 is 0.935 bits per heavy atom. The van der Waals surface area contributed by atoms with Gasteiger partial charge in [-0.25, -0.2) is 4.39 Å². The average Bonchev–Trinajstić information content (AvgIpc) is 3.17. The van der Waals surface area contributed by atoms with Crippen molar-refractivity contribution in [3.8, 4) is 5.75 Å². The van der Waals surface area contributed by atoms with Gasteiger partial charge in [0.2, 0.25) is 5.91 Å². The average molecular weight is 417 g/mol. The number of halogens is 1. The number of hydrogen-bond acceptors (Lipinski definition) is 3. The summed E-state index contributed by atoms with van der Waals surface area (Å²) in [6.07, 6.45) is 0.0787. The normalized spacial score (nSPS) is 16.4. The van der Waals surface area contributed by atoms with Gasteiger partial charge in [0, 0.05) is 24.1 Å². The topological polar surface area (TPSA) is 46.6 Å². The summed E-state index contributed by atoms with van der Waals surface area (Å²) < 4.78 is 18.7. The number of anilines is 1. The van der Waals surface area contributed by atoms with Gasteiger partial charge in [-0.05, 0) is 47.5 Å². The van der Waals surface area contributed by atoms with Gasteiger partial charge < -0.3 is 9.64 Å². The van der Waals surface area contributed by atoms with Gasteiger partial charge in [0.25, 0.3) is 0 Å². The number of ether oxygens (including phenoxy) is 1. The minimum Gasteiger partial charge on any atom is -0.426 e. The van der Waals surface area contributed by atoms with E-state index in [1.54, 1.807) is 12.1 Å². The highest BCUT2D eigenvalue weighted by atomic mass is 19.1. The maximum absolute atomic E-state index is 13.1. The van der Waals surface area contributed by atoms with Crippen molar-refractivity contribution in [2.75, 3.05) is 11.4 Å². The second-order valence-electron chi connectivity index (χ2n) is 8.32. The summed E-state index contributed by atoms with van der Waals surface area (Å²) in [5, 5.41) is 0. The van der Waals surface area contributed by atoms with Gasteiger partial charge in [0.1, 0.15) is 11.6 Å². The van der Waals surface area contributed by atoms with E-state index in [2.05, 4.69) is 26.0 Å². The number of amides is 1. The predicted molar refractivity (Wildman–Crippen MR) is 118 cm³/mol. The summed E-state index contributed by atoms with van der Waals surface area (Å²) in [6.45, 7) is 4.53. The summed E-state index contributed by atoms with van der Waals surface area (Å²) in [5.74, 6) is -1.09. The van der Waals surface area contributed by atoms with E-state index in [1.807, 2.05) is 30.3 Å². The molecule has 1 atom stereocenters. The number of hydrogen-bond donors (Lipinski definition) is 0. The molecular formula is C26H24FNO3. The van der Waals surface area contributed by atoms with E-state index in [4.69, 9.17) is 4.74 Å². The highest BCUT2D eigenvalue weighted by Crippen LogP contribution is 2.32. The Labute approximate surface area is 181 Å². The second kappa shape index (κ2) is 8.34. The molecule has 3 aromatic carbocycles. The zero-order chi connectivity index (χ0) is 22.0. The fraction of sp³-hybridized carbons (Fsp3) is 0.231. The molecule has 0 N–H and O–H groups in total. The zero-order valence-electron chi connectivity index (χ0n) is 17.5. The van der Waals surface area contributed by atoms with Crippen LogP contribution < -0.4 is 9.64 Å². The number of esters is 1. The quantitative estimate of drug-likeness (QED) is 0.428. The fourth-order valence-electron chi connectivity index (χ4n) is 3.90. The van der Waals surface area contributed by atoms with E-state index in [-0.39, 0.29) is 30.1 Å². The molecule has 4 nitrogen and oxygen atoms in total. The van der Waals surface area contributed by atoms with Crippen molar-refractivity contribution in [3.05, 3.63) is 95.8 Å². The Kier molecular flexibility index (Phi) is 5.59. The van der Waals surface area contributed by atoms with Gasteiger partial charge in [-0.2, -0.15) is 0 Å². The van der Waals surface area contributed by atoms with Crippen LogP contribution in [0.25, 0.3) is 0 Å². The van der Waals surface area contributed by atoms with Crippen LogP contribution in [0.15, 0.2) is 78.9 Å². The molecule has 4 rings (SSSR count). The summed E-state index contributed by atoms with van der Waals surface area (Å²) >= 11 is 0. The Morgan fingerprint density at radius 2 is 1.55 bits per heavy atom. The molecule has 5 heteroatoms. The molecule has 3 aromatic rings. The molecular weight excluding hydrogens is 393 g/mol. The molecule has 0 bridgehead atoms. The standard InChI is InChI=1S/C26H24FNO3/c1-26(2,19-6-4-3-5-7-19)20-8-14-23(15-9-20)31-25(30)18-16-24(29)28(17-18)22-12-10-21(27)11-13-22/h3-15,18H,16-17H2,1-2H3/t18-/m0/s1. The van der Waals surface area contributed by atoms with Gasteiger partial charge in [0.15, 0.2) is 0 Å². The highest BCUT2D eigenvalue weighted by molar-refractivity contribution is 5.99. The molecule has 1 fully saturated rings. The molecule has 0 radical (unpaired) electrons. The van der Waals surface area contributed by atoms with Gasteiger partial charge in [0.05, 0.1) is 5.92 Å². The van der Waals surface area contributed by atoms with Crippen LogP contribution in [-0.4, -0.2) is 18.4 Å². The predicted octanol–water partition coefficient (Wildman–Crippen LogP) is 5.11. The molecule has 0 aliphatic carbocycles. The number of carbonyl (C=O) groups is 2. The first kappa shape index (κ1) is 20.8. The third-order valence-corrected chi connectivity index (χ3v) is 5.89. The molecule has 0 aromatic heterocycles. The maximum Gasteiger partial charge on any atom is 0.316 e. The van der Waals surface area contributed by atoms with Crippen LogP contribution in [0.2, 0.25) is 0 Å². The summed E-state index contributed by atoms with van der Waals surface area (Å²) in [7, 11) is 0. The second-order valence-corrected chi connectivity index (χ2v) is 8.32. The fourth-order valence-corrected chi connectivity index (χ4v) is 3.90. The number of carbonyl (C=O) groups excluding carboxylic acids is 2. The van der Waals surface area contributed by atoms with Crippen molar-refractivity contribution >= 4 is 17.6 Å². The minimum absolute atomic E-state index is 0.0787. The lowest BCUT2D eigenvalue weighted by atomic mass is 9.78. The molecule has 1 amide bonds. The Hall–Kier alpha value is -3.47. The van der Waals surface area contributed by atoms with Crippen molar-refractivity contribution < 1.29 is 18.7 Å². The van der Waals surface area contributed by atoms with Gasteiger partial charge in [-0.15, -0.1) is 0 Å². The molecule has 1 saturated heterocycles. The Morgan fingerprint density at radius 3 is 2.19 bits per heavy atom. The molecule has 1 aliphatic rings. The number of rotatable bonds is 5. The molecule has 0 saturated carbocycles. The first-order valence-electron chi connectivity index (χ1n) is 10.3.